The molecule has 4 heteroatoms. The van der Waals surface area contributed by atoms with Gasteiger partial charge in [0.2, 0.25) is 5.91 Å². The van der Waals surface area contributed by atoms with Gasteiger partial charge >= 0.3 is 0 Å². The Bertz CT molecular complexity index is 487. The number of benzene rings is 1. The normalized spacial score (nSPS) is 22.7. The van der Waals surface area contributed by atoms with Gasteiger partial charge in [0.15, 0.2) is 0 Å². The maximum Gasteiger partial charge on any atom is 0.227 e. The van der Waals surface area contributed by atoms with E-state index in [0.29, 0.717) is 25.9 Å². The molecule has 1 N–H and O–H groups in total. The average Bonchev–Trinajstić information content (AvgIpc) is 2.43. The molecule has 2 rings (SSSR count). The molecule has 1 amide bonds. The molecule has 1 heterocycles. The quantitative estimate of drug-likeness (QED) is 0.916. The van der Waals surface area contributed by atoms with Gasteiger partial charge in [-0.25, -0.2) is 0 Å². The minimum Gasteiger partial charge on any atom is -0.496 e. The largest absolute Gasteiger partial charge is 0.496 e. The molecule has 1 saturated heterocycles. The van der Waals surface area contributed by atoms with Crippen LogP contribution in [0.2, 0.25) is 0 Å². The fourth-order valence-electron chi connectivity index (χ4n) is 2.62. The first-order chi connectivity index (χ1) is 9.51. The van der Waals surface area contributed by atoms with Crippen molar-refractivity contribution in [1.82, 2.24) is 4.90 Å². The van der Waals surface area contributed by atoms with E-state index in [9.17, 15) is 9.90 Å². The summed E-state index contributed by atoms with van der Waals surface area (Å²) in [6, 6.07) is 5.87. The fraction of sp³-hybridized carbons (Fsp3) is 0.562. The molecule has 0 radical (unpaired) electrons. The highest BCUT2D eigenvalue weighted by molar-refractivity contribution is 5.79. The minimum atomic E-state index is -0.279. The molecule has 0 aromatic heterocycles. The molecular weight excluding hydrogens is 254 g/mol. The first-order valence-corrected chi connectivity index (χ1v) is 7.10. The monoisotopic (exact) mass is 277 g/mol. The van der Waals surface area contributed by atoms with Gasteiger partial charge in [0.25, 0.3) is 0 Å². The molecule has 0 bridgehead atoms. The van der Waals surface area contributed by atoms with Crippen molar-refractivity contribution in [3.8, 4) is 5.75 Å². The van der Waals surface area contributed by atoms with E-state index in [-0.39, 0.29) is 17.9 Å². The number of amides is 1. The molecule has 1 aromatic rings. The Morgan fingerprint density at radius 1 is 1.50 bits per heavy atom. The summed E-state index contributed by atoms with van der Waals surface area (Å²) in [4.78, 5) is 14.2. The molecule has 2 atom stereocenters. The van der Waals surface area contributed by atoms with Crippen LogP contribution in [0, 0.1) is 12.8 Å². The van der Waals surface area contributed by atoms with Gasteiger partial charge in [0, 0.05) is 13.1 Å². The summed E-state index contributed by atoms with van der Waals surface area (Å²) >= 11 is 0. The van der Waals surface area contributed by atoms with Crippen molar-refractivity contribution in [2.24, 2.45) is 5.92 Å². The molecule has 1 aliphatic rings. The smallest absolute Gasteiger partial charge is 0.227 e. The number of rotatable bonds is 3. The van der Waals surface area contributed by atoms with Crippen LogP contribution in [0.5, 0.6) is 5.75 Å². The predicted molar refractivity (Wildman–Crippen MR) is 77.8 cm³/mol. The Morgan fingerprint density at radius 3 is 2.90 bits per heavy atom. The molecule has 1 aliphatic heterocycles. The Kier molecular flexibility index (Phi) is 4.65. The number of hydrogen-bond acceptors (Lipinski definition) is 3. The van der Waals surface area contributed by atoms with Crippen molar-refractivity contribution in [1.29, 1.82) is 0 Å². The van der Waals surface area contributed by atoms with Crippen LogP contribution < -0.4 is 4.74 Å². The summed E-state index contributed by atoms with van der Waals surface area (Å²) in [5.74, 6) is 1.09. The molecule has 2 unspecified atom stereocenters. The van der Waals surface area contributed by atoms with Gasteiger partial charge in [0.05, 0.1) is 19.6 Å². The molecule has 20 heavy (non-hydrogen) atoms. The zero-order valence-corrected chi connectivity index (χ0v) is 12.4. The summed E-state index contributed by atoms with van der Waals surface area (Å²) in [6.07, 6.45) is 0.780. The first-order valence-electron chi connectivity index (χ1n) is 7.10. The standard InChI is InChI=1S/C16H23NO3/c1-11-4-5-13(8-15(11)20-3)9-16(19)17-7-6-14(18)12(2)10-17/h4-5,8,12,14,18H,6-7,9-10H2,1-3H3. The van der Waals surface area contributed by atoms with Crippen LogP contribution in [0.3, 0.4) is 0 Å². The van der Waals surface area contributed by atoms with Crippen molar-refractivity contribution in [2.45, 2.75) is 32.8 Å². The third-order valence-electron chi connectivity index (χ3n) is 4.04. The van der Waals surface area contributed by atoms with Gasteiger partial charge < -0.3 is 14.7 Å². The highest BCUT2D eigenvalue weighted by Gasteiger charge is 2.27. The lowest BCUT2D eigenvalue weighted by molar-refractivity contribution is -0.133. The minimum absolute atomic E-state index is 0.120. The number of carbonyl (C=O) groups excluding carboxylic acids is 1. The molecule has 4 nitrogen and oxygen atoms in total. The van der Waals surface area contributed by atoms with Crippen LogP contribution in [-0.2, 0) is 11.2 Å². The number of nitrogens with zero attached hydrogens (tertiary/aromatic N) is 1. The van der Waals surface area contributed by atoms with E-state index in [2.05, 4.69) is 0 Å². The zero-order valence-electron chi connectivity index (χ0n) is 12.4. The second-order valence-corrected chi connectivity index (χ2v) is 5.65. The molecule has 0 spiro atoms. The summed E-state index contributed by atoms with van der Waals surface area (Å²) in [5, 5.41) is 9.71. The van der Waals surface area contributed by atoms with Crippen LogP contribution in [0.1, 0.15) is 24.5 Å². The van der Waals surface area contributed by atoms with Crippen LogP contribution in [-0.4, -0.2) is 42.2 Å². The number of methoxy groups -OCH3 is 1. The lowest BCUT2D eigenvalue weighted by atomic mass is 9.96. The zero-order chi connectivity index (χ0) is 14.7. The van der Waals surface area contributed by atoms with Gasteiger partial charge in [-0.3, -0.25) is 4.79 Å². The van der Waals surface area contributed by atoms with E-state index in [1.807, 2.05) is 36.9 Å². The number of piperidine rings is 1. The Hall–Kier alpha value is -1.55. The molecule has 1 aromatic carbocycles. The Morgan fingerprint density at radius 2 is 2.25 bits per heavy atom. The van der Waals surface area contributed by atoms with E-state index in [0.717, 1.165) is 16.9 Å². The second-order valence-electron chi connectivity index (χ2n) is 5.65. The van der Waals surface area contributed by atoms with Crippen molar-refractivity contribution < 1.29 is 14.6 Å². The van der Waals surface area contributed by atoms with Gasteiger partial charge in [-0.15, -0.1) is 0 Å². The van der Waals surface area contributed by atoms with Crippen molar-refractivity contribution in [3.05, 3.63) is 29.3 Å². The lowest BCUT2D eigenvalue weighted by Gasteiger charge is -2.34. The third kappa shape index (κ3) is 3.31. The van der Waals surface area contributed by atoms with E-state index in [4.69, 9.17) is 4.74 Å². The van der Waals surface area contributed by atoms with Crippen molar-refractivity contribution in [2.75, 3.05) is 20.2 Å². The van der Waals surface area contributed by atoms with Gasteiger partial charge in [-0.05, 0) is 36.5 Å². The second kappa shape index (κ2) is 6.27. The number of aryl methyl sites for hydroxylation is 1. The summed E-state index contributed by atoms with van der Waals surface area (Å²) in [5.41, 5.74) is 2.04. The lowest BCUT2D eigenvalue weighted by Crippen LogP contribution is -2.45. The highest BCUT2D eigenvalue weighted by atomic mass is 16.5. The number of aliphatic hydroxyl groups excluding tert-OH is 1. The molecule has 1 fully saturated rings. The molecule has 0 aliphatic carbocycles. The van der Waals surface area contributed by atoms with Crippen molar-refractivity contribution >= 4 is 5.91 Å². The first kappa shape index (κ1) is 14.9. The summed E-state index contributed by atoms with van der Waals surface area (Å²) in [6.45, 7) is 5.26. The average molecular weight is 277 g/mol. The predicted octanol–water partition coefficient (Wildman–Crippen LogP) is 1.78. The Labute approximate surface area is 120 Å². The number of hydrogen-bond donors (Lipinski definition) is 1. The highest BCUT2D eigenvalue weighted by Crippen LogP contribution is 2.21. The van der Waals surface area contributed by atoms with Crippen LogP contribution in [0.15, 0.2) is 18.2 Å². The van der Waals surface area contributed by atoms with Gasteiger partial charge in [-0.1, -0.05) is 19.1 Å². The summed E-state index contributed by atoms with van der Waals surface area (Å²) in [7, 11) is 1.64. The van der Waals surface area contributed by atoms with E-state index in [1.165, 1.54) is 0 Å². The number of aliphatic hydroxyl groups is 1. The third-order valence-corrected chi connectivity index (χ3v) is 4.04. The SMILES string of the molecule is COc1cc(CC(=O)N2CCC(O)C(C)C2)ccc1C. The number of carbonyl (C=O) groups is 1. The van der Waals surface area contributed by atoms with Crippen LogP contribution >= 0.6 is 0 Å². The molecule has 0 saturated carbocycles. The van der Waals surface area contributed by atoms with Crippen LogP contribution in [0.4, 0.5) is 0 Å². The van der Waals surface area contributed by atoms with Crippen molar-refractivity contribution in [3.63, 3.8) is 0 Å². The number of ether oxygens (including phenoxy) is 1. The van der Waals surface area contributed by atoms with Gasteiger partial charge in [-0.2, -0.15) is 0 Å². The molecular formula is C16H23NO3. The fourth-order valence-corrected chi connectivity index (χ4v) is 2.62. The maximum absolute atomic E-state index is 12.3. The van der Waals surface area contributed by atoms with E-state index >= 15 is 0 Å². The maximum atomic E-state index is 12.3. The van der Waals surface area contributed by atoms with Gasteiger partial charge in [0.1, 0.15) is 5.75 Å². The summed E-state index contributed by atoms with van der Waals surface area (Å²) < 4.78 is 5.29. The topological polar surface area (TPSA) is 49.8 Å². The Balaban J connectivity index is 2.01. The van der Waals surface area contributed by atoms with E-state index < -0.39 is 0 Å². The molecule has 110 valence electrons. The number of likely N-dealkylation sites (tertiary alicyclic amines) is 1. The van der Waals surface area contributed by atoms with E-state index in [1.54, 1.807) is 7.11 Å². The van der Waals surface area contributed by atoms with Crippen LogP contribution in [0.25, 0.3) is 0 Å².